The Bertz CT molecular complexity index is 739. The Kier molecular flexibility index (Phi) is 3.81. The van der Waals surface area contributed by atoms with Gasteiger partial charge in [-0.1, -0.05) is 18.2 Å². The number of hydrogen-bond donors (Lipinski definition) is 0. The molecule has 0 aliphatic heterocycles. The molecule has 5 heteroatoms. The van der Waals surface area contributed by atoms with E-state index in [2.05, 4.69) is 0 Å². The van der Waals surface area contributed by atoms with Crippen LogP contribution in [0.1, 0.15) is 28.9 Å². The predicted molar refractivity (Wildman–Crippen MR) is 76.9 cm³/mol. The molecule has 0 saturated carbocycles. The van der Waals surface area contributed by atoms with Gasteiger partial charge < -0.3 is 5.21 Å². The van der Waals surface area contributed by atoms with E-state index < -0.39 is 15.1 Å². The minimum Gasteiger partial charge on any atom is -0.618 e. The molecule has 0 radical (unpaired) electrons. The van der Waals surface area contributed by atoms with E-state index in [-0.39, 0.29) is 5.03 Å². The number of sulfone groups is 1. The molecular formula is C15H17NO3S. The number of benzene rings is 1. The Morgan fingerprint density at radius 1 is 1.10 bits per heavy atom. The van der Waals surface area contributed by atoms with Gasteiger partial charge in [0.2, 0.25) is 9.84 Å². The second-order valence-corrected chi connectivity index (χ2v) is 7.11. The fraction of sp³-hybridized carbons (Fsp3) is 0.267. The van der Waals surface area contributed by atoms with Gasteiger partial charge in [-0.25, -0.2) is 8.42 Å². The van der Waals surface area contributed by atoms with Gasteiger partial charge in [0.25, 0.3) is 0 Å². The molecule has 106 valence electrons. The van der Waals surface area contributed by atoms with Gasteiger partial charge in [0.05, 0.1) is 5.25 Å². The van der Waals surface area contributed by atoms with E-state index in [1.165, 1.54) is 18.3 Å². The van der Waals surface area contributed by atoms with Crippen LogP contribution in [0.3, 0.4) is 0 Å². The van der Waals surface area contributed by atoms with Crippen molar-refractivity contribution in [3.05, 3.63) is 64.5 Å². The van der Waals surface area contributed by atoms with Crippen molar-refractivity contribution in [2.24, 2.45) is 0 Å². The largest absolute Gasteiger partial charge is 0.618 e. The monoisotopic (exact) mass is 291 g/mol. The van der Waals surface area contributed by atoms with Crippen LogP contribution in [0.4, 0.5) is 0 Å². The van der Waals surface area contributed by atoms with Gasteiger partial charge in [-0.15, -0.1) is 0 Å². The maximum absolute atomic E-state index is 12.5. The van der Waals surface area contributed by atoms with Crippen molar-refractivity contribution in [2.45, 2.75) is 31.0 Å². The smallest absolute Gasteiger partial charge is 0.309 e. The number of pyridine rings is 1. The van der Waals surface area contributed by atoms with Gasteiger partial charge in [-0.3, -0.25) is 0 Å². The fourth-order valence-electron chi connectivity index (χ4n) is 2.01. The molecule has 0 fully saturated rings. The standard InChI is InChI=1S/C15H17NO3S/c1-11-7-8-14(10-12(11)2)13(3)20(18,19)15-6-4-5-9-16(15)17/h4-10,13H,1-3H3. The maximum Gasteiger partial charge on any atom is 0.309 e. The van der Waals surface area contributed by atoms with Crippen molar-refractivity contribution in [1.82, 2.24) is 0 Å². The van der Waals surface area contributed by atoms with E-state index in [1.54, 1.807) is 19.1 Å². The number of nitrogens with zero attached hydrogens (tertiary/aromatic N) is 1. The summed E-state index contributed by atoms with van der Waals surface area (Å²) in [5.41, 5.74) is 2.83. The average molecular weight is 291 g/mol. The van der Waals surface area contributed by atoms with E-state index in [0.717, 1.165) is 11.1 Å². The summed E-state index contributed by atoms with van der Waals surface area (Å²) in [6, 6.07) is 9.94. The molecule has 0 N–H and O–H groups in total. The minimum atomic E-state index is -3.70. The van der Waals surface area contributed by atoms with E-state index >= 15 is 0 Å². The lowest BCUT2D eigenvalue weighted by Crippen LogP contribution is -2.34. The van der Waals surface area contributed by atoms with Crippen LogP contribution in [-0.2, 0) is 9.84 Å². The molecule has 0 spiro atoms. The van der Waals surface area contributed by atoms with Crippen molar-refractivity contribution < 1.29 is 13.1 Å². The van der Waals surface area contributed by atoms with Gasteiger partial charge in [0, 0.05) is 12.1 Å². The average Bonchev–Trinajstić information content (AvgIpc) is 2.41. The third-order valence-electron chi connectivity index (χ3n) is 3.55. The Balaban J connectivity index is 2.49. The van der Waals surface area contributed by atoms with Crippen molar-refractivity contribution in [3.63, 3.8) is 0 Å². The Morgan fingerprint density at radius 2 is 1.80 bits per heavy atom. The highest BCUT2D eigenvalue weighted by Crippen LogP contribution is 2.27. The van der Waals surface area contributed by atoms with Gasteiger partial charge in [0.15, 0.2) is 6.20 Å². The highest BCUT2D eigenvalue weighted by molar-refractivity contribution is 7.91. The zero-order chi connectivity index (χ0) is 14.9. The summed E-state index contributed by atoms with van der Waals surface area (Å²) in [4.78, 5) is 0. The molecule has 1 atom stereocenters. The first kappa shape index (κ1) is 14.5. The van der Waals surface area contributed by atoms with E-state index in [0.29, 0.717) is 10.3 Å². The summed E-state index contributed by atoms with van der Waals surface area (Å²) in [7, 11) is -3.70. The van der Waals surface area contributed by atoms with Crippen LogP contribution in [0.15, 0.2) is 47.6 Å². The molecule has 2 rings (SSSR count). The molecule has 0 aliphatic carbocycles. The predicted octanol–water partition coefficient (Wildman–Crippen LogP) is 2.47. The van der Waals surface area contributed by atoms with Crippen LogP contribution in [0.5, 0.6) is 0 Å². The summed E-state index contributed by atoms with van der Waals surface area (Å²) in [6.45, 7) is 5.52. The number of aromatic nitrogens is 1. The third-order valence-corrected chi connectivity index (χ3v) is 5.65. The molecule has 2 aromatic rings. The van der Waals surface area contributed by atoms with Crippen molar-refractivity contribution in [1.29, 1.82) is 0 Å². The summed E-state index contributed by atoms with van der Waals surface area (Å²) in [5, 5.41) is 10.7. The van der Waals surface area contributed by atoms with Crippen molar-refractivity contribution >= 4 is 9.84 Å². The van der Waals surface area contributed by atoms with E-state index in [4.69, 9.17) is 0 Å². The number of aryl methyl sites for hydroxylation is 2. The van der Waals surface area contributed by atoms with Gasteiger partial charge in [-0.05, 0) is 43.5 Å². The summed E-state index contributed by atoms with van der Waals surface area (Å²) >= 11 is 0. The summed E-state index contributed by atoms with van der Waals surface area (Å²) in [6.07, 6.45) is 1.19. The molecule has 0 bridgehead atoms. The summed E-state index contributed by atoms with van der Waals surface area (Å²) in [5.74, 6) is 0. The Morgan fingerprint density at radius 3 is 2.40 bits per heavy atom. The number of rotatable bonds is 3. The van der Waals surface area contributed by atoms with Gasteiger partial charge in [-0.2, -0.15) is 4.73 Å². The zero-order valence-corrected chi connectivity index (χ0v) is 12.5. The molecule has 1 aromatic carbocycles. The highest BCUT2D eigenvalue weighted by Gasteiger charge is 2.31. The summed E-state index contributed by atoms with van der Waals surface area (Å²) < 4.78 is 25.5. The first-order chi connectivity index (χ1) is 9.34. The van der Waals surface area contributed by atoms with Crippen LogP contribution in [0.25, 0.3) is 0 Å². The fourth-order valence-corrected chi connectivity index (χ4v) is 3.46. The molecule has 4 nitrogen and oxygen atoms in total. The number of hydrogen-bond acceptors (Lipinski definition) is 3. The normalized spacial score (nSPS) is 13.2. The second kappa shape index (κ2) is 5.25. The molecule has 1 unspecified atom stereocenters. The van der Waals surface area contributed by atoms with Crippen LogP contribution in [-0.4, -0.2) is 8.42 Å². The van der Waals surface area contributed by atoms with Crippen LogP contribution in [0.2, 0.25) is 0 Å². The van der Waals surface area contributed by atoms with Crippen LogP contribution < -0.4 is 4.73 Å². The lowest BCUT2D eigenvalue weighted by Gasteiger charge is -2.14. The molecule has 20 heavy (non-hydrogen) atoms. The lowest BCUT2D eigenvalue weighted by atomic mass is 10.0. The minimum absolute atomic E-state index is 0.217. The van der Waals surface area contributed by atoms with Gasteiger partial charge in [0.1, 0.15) is 0 Å². The van der Waals surface area contributed by atoms with Crippen LogP contribution in [0, 0.1) is 19.1 Å². The third kappa shape index (κ3) is 2.54. The lowest BCUT2D eigenvalue weighted by molar-refractivity contribution is -0.646. The van der Waals surface area contributed by atoms with Gasteiger partial charge >= 0.3 is 5.03 Å². The van der Waals surface area contributed by atoms with Crippen molar-refractivity contribution in [3.8, 4) is 0 Å². The quantitative estimate of drug-likeness (QED) is 0.644. The van der Waals surface area contributed by atoms with E-state index in [9.17, 15) is 13.6 Å². The maximum atomic E-state index is 12.5. The zero-order valence-electron chi connectivity index (χ0n) is 11.7. The molecule has 1 aromatic heterocycles. The molecule has 1 heterocycles. The topological polar surface area (TPSA) is 61.1 Å². The Labute approximate surface area is 119 Å². The molecule has 0 aliphatic rings. The SMILES string of the molecule is Cc1ccc(C(C)S(=O)(=O)c2cccc[n+]2[O-])cc1C. The van der Waals surface area contributed by atoms with Crippen LogP contribution >= 0.6 is 0 Å². The molecule has 0 amide bonds. The molecular weight excluding hydrogens is 274 g/mol. The first-order valence-corrected chi connectivity index (χ1v) is 7.88. The first-order valence-electron chi connectivity index (χ1n) is 6.33. The second-order valence-electron chi connectivity index (χ2n) is 4.90. The Hall–Kier alpha value is -1.88. The van der Waals surface area contributed by atoms with E-state index in [1.807, 2.05) is 26.0 Å². The molecule has 0 saturated heterocycles. The van der Waals surface area contributed by atoms with Crippen molar-refractivity contribution in [2.75, 3.05) is 0 Å². The highest BCUT2D eigenvalue weighted by atomic mass is 32.2.